The maximum Gasteiger partial charge on any atom is 0.309 e. The molecule has 0 saturated heterocycles. The van der Waals surface area contributed by atoms with E-state index in [1.807, 2.05) is 0 Å². The lowest BCUT2D eigenvalue weighted by Gasteiger charge is -2.34. The van der Waals surface area contributed by atoms with Gasteiger partial charge in [0, 0.05) is 10.9 Å². The molecule has 1 aromatic heterocycles. The van der Waals surface area contributed by atoms with Crippen LogP contribution in [0.15, 0.2) is 0 Å². The van der Waals surface area contributed by atoms with Crippen molar-refractivity contribution in [1.82, 2.24) is 9.79 Å². The largest absolute Gasteiger partial charge is 0.506 e. The summed E-state index contributed by atoms with van der Waals surface area (Å²) in [4.78, 5) is 27.2. The first-order valence-corrected chi connectivity index (χ1v) is 8.04. The minimum absolute atomic E-state index is 0.0896. The Morgan fingerprint density at radius 3 is 1.97 bits per heavy atom. The highest BCUT2D eigenvalue weighted by atomic mass is 16.4. The van der Waals surface area contributed by atoms with Gasteiger partial charge in [0.25, 0.3) is 5.91 Å². The SMILES string of the molecule is [B]c1nc(C(=O)N([B])C([B])([B])C(=O)O)c(O)c([B])c1-c1c([B])c([B])c([B])c(C#N)c1[B]. The molecule has 0 unspecified atom stereocenters. The second-order valence-electron chi connectivity index (χ2n) is 6.31. The molecule has 128 valence electrons. The van der Waals surface area contributed by atoms with E-state index < -0.39 is 39.7 Å². The van der Waals surface area contributed by atoms with Crippen molar-refractivity contribution in [2.45, 2.75) is 5.34 Å². The summed E-state index contributed by atoms with van der Waals surface area (Å²) in [6.07, 6.45) is 0. The smallest absolute Gasteiger partial charge is 0.309 e. The normalized spacial score (nSPS) is 10.9. The van der Waals surface area contributed by atoms with Crippen LogP contribution in [0.4, 0.5) is 0 Å². The van der Waals surface area contributed by atoms with Crippen LogP contribution in [0.5, 0.6) is 5.75 Å². The Kier molecular flexibility index (Phi) is 6.60. The number of carboxylic acid groups (broad SMARTS) is 1. The molecule has 18 radical (unpaired) electrons. The van der Waals surface area contributed by atoms with Gasteiger partial charge in [-0.3, -0.25) is 14.6 Å². The number of amides is 1. The first-order chi connectivity index (χ1) is 14.2. The van der Waals surface area contributed by atoms with Crippen molar-refractivity contribution in [3.8, 4) is 22.9 Å². The van der Waals surface area contributed by atoms with Crippen LogP contribution in [-0.4, -0.2) is 108 Å². The van der Waals surface area contributed by atoms with Crippen LogP contribution in [-0.2, 0) is 4.79 Å². The second-order valence-corrected chi connectivity index (χ2v) is 6.31. The number of benzene rings is 1. The number of nitrogens with zero attached hydrogens (tertiary/aromatic N) is 3. The lowest BCUT2D eigenvalue weighted by molar-refractivity contribution is -0.139. The molecular weight excluding hydrogens is 383 g/mol. The van der Waals surface area contributed by atoms with E-state index in [0.29, 0.717) is 0 Å². The molecule has 0 aliphatic rings. The number of aliphatic carboxylic acids is 1. The van der Waals surface area contributed by atoms with Crippen molar-refractivity contribution in [3.05, 3.63) is 11.3 Å². The van der Waals surface area contributed by atoms with E-state index in [1.54, 1.807) is 6.07 Å². The molecule has 1 heterocycles. The number of carboxylic acids is 1. The molecule has 0 spiro atoms. The molecular formula is C15H2B9N3O4. The van der Waals surface area contributed by atoms with Crippen molar-refractivity contribution in [3.63, 3.8) is 0 Å². The van der Waals surface area contributed by atoms with Crippen molar-refractivity contribution >= 4 is 116 Å². The average molecular weight is 386 g/mol. The fourth-order valence-electron chi connectivity index (χ4n) is 2.63. The van der Waals surface area contributed by atoms with Crippen LogP contribution in [0, 0.1) is 11.3 Å². The molecule has 0 saturated carbocycles. The van der Waals surface area contributed by atoms with Crippen molar-refractivity contribution in [2.75, 3.05) is 0 Å². The number of aromatic nitrogens is 1. The minimum atomic E-state index is -2.85. The average Bonchev–Trinajstić information content (AvgIpc) is 2.70. The van der Waals surface area contributed by atoms with Gasteiger partial charge < -0.3 is 15.0 Å². The third-order valence-electron chi connectivity index (χ3n) is 4.42. The molecule has 31 heavy (non-hydrogen) atoms. The van der Waals surface area contributed by atoms with E-state index in [2.05, 4.69) is 4.98 Å². The number of hydrogen-bond donors (Lipinski definition) is 2. The van der Waals surface area contributed by atoms with Gasteiger partial charge >= 0.3 is 5.97 Å². The van der Waals surface area contributed by atoms with Crippen molar-refractivity contribution in [2.24, 2.45) is 0 Å². The van der Waals surface area contributed by atoms with Gasteiger partial charge in [-0.25, -0.2) is 0 Å². The molecule has 2 rings (SSSR count). The molecule has 0 aliphatic carbocycles. The molecule has 2 N–H and O–H groups in total. The van der Waals surface area contributed by atoms with E-state index in [0.717, 1.165) is 0 Å². The predicted octanol–water partition coefficient (Wildman–Crippen LogP) is -7.31. The molecule has 16 heteroatoms. The summed E-state index contributed by atoms with van der Waals surface area (Å²) < 4.78 is 0. The zero-order valence-corrected chi connectivity index (χ0v) is 15.7. The highest BCUT2D eigenvalue weighted by Crippen LogP contribution is 2.20. The topological polar surface area (TPSA) is 115 Å². The summed E-state index contributed by atoms with van der Waals surface area (Å²) in [7, 11) is 51.2. The number of rotatable bonds is 4. The summed E-state index contributed by atoms with van der Waals surface area (Å²) in [5, 5.41) is 25.9. The van der Waals surface area contributed by atoms with Crippen LogP contribution in [0.2, 0.25) is 0 Å². The molecule has 0 atom stereocenters. The zero-order valence-electron chi connectivity index (χ0n) is 15.7. The Bertz CT molecular complexity index is 1180. The van der Waals surface area contributed by atoms with Crippen molar-refractivity contribution < 1.29 is 19.8 Å². The summed E-state index contributed by atoms with van der Waals surface area (Å²) in [5.74, 6) is -4.26. The van der Waals surface area contributed by atoms with Crippen LogP contribution >= 0.6 is 0 Å². The number of aromatic hydroxyl groups is 1. The fraction of sp³-hybridized carbons (Fsp3) is 0.0667. The van der Waals surface area contributed by atoms with Crippen molar-refractivity contribution in [1.29, 1.82) is 5.26 Å². The third kappa shape index (κ3) is 3.82. The van der Waals surface area contributed by atoms with Crippen LogP contribution < -0.4 is 32.9 Å². The number of hydrogen-bond acceptors (Lipinski definition) is 5. The minimum Gasteiger partial charge on any atom is -0.506 e. The van der Waals surface area contributed by atoms with Gasteiger partial charge in [-0.05, 0) is 22.2 Å². The molecule has 1 aromatic carbocycles. The van der Waals surface area contributed by atoms with E-state index >= 15 is 0 Å². The molecule has 1 amide bonds. The van der Waals surface area contributed by atoms with Gasteiger partial charge in [0.05, 0.1) is 6.07 Å². The highest BCUT2D eigenvalue weighted by Gasteiger charge is 2.35. The Hall–Kier alpha value is -2.82. The van der Waals surface area contributed by atoms with E-state index in [-0.39, 0.29) is 43.4 Å². The number of carbonyl (C=O) groups is 2. The van der Waals surface area contributed by atoms with Gasteiger partial charge in [0.2, 0.25) is 7.98 Å². The monoisotopic (exact) mass is 387 g/mol. The lowest BCUT2D eigenvalue weighted by Crippen LogP contribution is -2.57. The van der Waals surface area contributed by atoms with Gasteiger partial charge in [0.15, 0.2) is 5.69 Å². The quantitative estimate of drug-likeness (QED) is 0.506. The number of pyridine rings is 1. The van der Waals surface area contributed by atoms with Crippen LogP contribution in [0.25, 0.3) is 11.1 Å². The Labute approximate surface area is 190 Å². The predicted molar refractivity (Wildman–Crippen MR) is 122 cm³/mol. The maximum atomic E-state index is 12.5. The Morgan fingerprint density at radius 2 is 1.48 bits per heavy atom. The van der Waals surface area contributed by atoms with Gasteiger partial charge in [-0.1, -0.05) is 16.4 Å². The lowest BCUT2D eigenvalue weighted by atomic mass is 9.59. The molecule has 2 aromatic rings. The number of nitriles is 1. The summed E-state index contributed by atoms with van der Waals surface area (Å²) in [6.45, 7) is 0. The molecule has 0 bridgehead atoms. The van der Waals surface area contributed by atoms with Gasteiger partial charge in [-0.2, -0.15) is 5.26 Å². The van der Waals surface area contributed by atoms with Gasteiger partial charge in [0.1, 0.15) is 68.5 Å². The van der Waals surface area contributed by atoms with E-state index in [4.69, 9.17) is 75.9 Å². The summed E-state index contributed by atoms with van der Waals surface area (Å²) in [6, 6.07) is 1.76. The molecule has 7 nitrogen and oxygen atoms in total. The van der Waals surface area contributed by atoms with E-state index in [1.165, 1.54) is 0 Å². The Balaban J connectivity index is 2.81. The number of carbonyl (C=O) groups excluding carboxylic acids is 1. The Morgan fingerprint density at radius 1 is 0.935 bits per heavy atom. The third-order valence-corrected chi connectivity index (χ3v) is 4.42. The van der Waals surface area contributed by atoms with Crippen LogP contribution in [0.3, 0.4) is 0 Å². The summed E-state index contributed by atoms with van der Waals surface area (Å²) >= 11 is 0. The first kappa shape index (κ1) is 24.5. The summed E-state index contributed by atoms with van der Waals surface area (Å²) in [5.41, 5.74) is -3.47. The standard InChI is InChI=1S/C15H2B9N3O4/c16-5-2(1-25)6(17)9(20)7(18)3(5)4-8(19)11(28)10(26-12(4)21)13(29)27(24)15(22,23)14(30)31/h28H,(H,30,31). The maximum absolute atomic E-state index is 12.5. The molecule has 0 aliphatic heterocycles. The van der Waals surface area contributed by atoms with Gasteiger partial charge in [-0.15, -0.1) is 5.46 Å². The highest BCUT2D eigenvalue weighted by molar-refractivity contribution is 6.63. The second kappa shape index (κ2) is 8.37. The first-order valence-electron chi connectivity index (χ1n) is 8.04. The van der Waals surface area contributed by atoms with Crippen LogP contribution in [0.1, 0.15) is 16.1 Å². The van der Waals surface area contributed by atoms with E-state index in [9.17, 15) is 20.0 Å². The fourth-order valence-corrected chi connectivity index (χ4v) is 2.63. The molecule has 0 fully saturated rings. The zero-order chi connectivity index (χ0) is 24.0.